The second-order valence-corrected chi connectivity index (χ2v) is 7.33. The molecule has 0 unspecified atom stereocenters. The highest BCUT2D eigenvalue weighted by atomic mass is 32.2. The molecule has 4 heterocycles. The van der Waals surface area contributed by atoms with E-state index in [1.54, 1.807) is 22.7 Å². The summed E-state index contributed by atoms with van der Waals surface area (Å²) >= 11 is 4.76. The van der Waals surface area contributed by atoms with Gasteiger partial charge < -0.3 is 9.09 Å². The summed E-state index contributed by atoms with van der Waals surface area (Å²) in [5, 5.41) is 19.4. The topological polar surface area (TPSA) is 69.6 Å². The van der Waals surface area contributed by atoms with E-state index in [0.717, 1.165) is 21.4 Å². The van der Waals surface area contributed by atoms with Gasteiger partial charge in [-0.1, -0.05) is 23.0 Å². The maximum Gasteiger partial charge on any atom is 0.237 e. The number of hydrogen-bond acceptors (Lipinski definition) is 8. The Bertz CT molecular complexity index is 895. The van der Waals surface area contributed by atoms with Crippen molar-refractivity contribution in [2.24, 2.45) is 7.05 Å². The number of rotatable bonds is 5. The fourth-order valence-electron chi connectivity index (χ4n) is 2.03. The summed E-state index contributed by atoms with van der Waals surface area (Å²) in [5.41, 5.74) is 1.08. The molecule has 9 heteroatoms. The lowest BCUT2D eigenvalue weighted by Gasteiger charge is -2.00. The van der Waals surface area contributed by atoms with Crippen molar-refractivity contribution < 1.29 is 4.52 Å². The van der Waals surface area contributed by atoms with Gasteiger partial charge in [-0.2, -0.15) is 16.3 Å². The summed E-state index contributed by atoms with van der Waals surface area (Å²) in [5.74, 6) is 2.64. The van der Waals surface area contributed by atoms with E-state index in [0.29, 0.717) is 17.5 Å². The highest BCUT2D eigenvalue weighted by Crippen LogP contribution is 2.27. The van der Waals surface area contributed by atoms with Gasteiger partial charge in [0.2, 0.25) is 11.7 Å². The third kappa shape index (κ3) is 2.94. The predicted octanol–water partition coefficient (Wildman–Crippen LogP) is 3.95. The van der Waals surface area contributed by atoms with Gasteiger partial charge in [0.1, 0.15) is 0 Å². The molecule has 116 valence electrons. The first-order valence-corrected chi connectivity index (χ1v) is 9.53. The molecule has 0 saturated carbocycles. The van der Waals surface area contributed by atoms with E-state index in [1.165, 1.54) is 11.8 Å². The van der Waals surface area contributed by atoms with E-state index < -0.39 is 0 Å². The molecule has 0 aromatic carbocycles. The lowest BCUT2D eigenvalue weighted by Crippen LogP contribution is -1.94. The second-order valence-electron chi connectivity index (χ2n) is 4.65. The highest BCUT2D eigenvalue weighted by Gasteiger charge is 2.14. The van der Waals surface area contributed by atoms with Crippen LogP contribution < -0.4 is 0 Å². The Labute approximate surface area is 144 Å². The van der Waals surface area contributed by atoms with Gasteiger partial charge in [-0.05, 0) is 22.9 Å². The molecule has 23 heavy (non-hydrogen) atoms. The molecule has 4 aromatic rings. The molecule has 0 bridgehead atoms. The minimum absolute atomic E-state index is 0.563. The van der Waals surface area contributed by atoms with Crippen LogP contribution in [0.3, 0.4) is 0 Å². The summed E-state index contributed by atoms with van der Waals surface area (Å²) in [6.45, 7) is 0. The van der Waals surface area contributed by atoms with Gasteiger partial charge in [-0.3, -0.25) is 0 Å². The first-order valence-electron chi connectivity index (χ1n) is 6.72. The van der Waals surface area contributed by atoms with Crippen LogP contribution in [0.4, 0.5) is 0 Å². The molecular formula is C14H11N5OS3. The zero-order chi connectivity index (χ0) is 15.6. The quantitative estimate of drug-likeness (QED) is 0.501. The Balaban J connectivity index is 1.48. The Morgan fingerprint density at radius 3 is 3.00 bits per heavy atom. The number of thioether (sulfide) groups is 1. The molecule has 0 atom stereocenters. The van der Waals surface area contributed by atoms with Gasteiger partial charge in [0, 0.05) is 18.0 Å². The summed E-state index contributed by atoms with van der Waals surface area (Å²) < 4.78 is 7.27. The van der Waals surface area contributed by atoms with Crippen LogP contribution in [-0.2, 0) is 12.8 Å². The van der Waals surface area contributed by atoms with Crippen LogP contribution in [0, 0.1) is 0 Å². The Hall–Kier alpha value is -1.97. The number of hydrogen-bond donors (Lipinski definition) is 0. The van der Waals surface area contributed by atoms with E-state index in [9.17, 15) is 0 Å². The van der Waals surface area contributed by atoms with Crippen molar-refractivity contribution in [1.29, 1.82) is 0 Å². The standard InChI is InChI=1S/C14H11N5OS3/c1-19-13(9-4-6-21-7-9)16-17-14(19)23-8-11-15-12(18-20-11)10-3-2-5-22-10/h2-7H,8H2,1H3. The van der Waals surface area contributed by atoms with Gasteiger partial charge >= 0.3 is 0 Å². The van der Waals surface area contributed by atoms with E-state index in [1.807, 2.05) is 40.6 Å². The van der Waals surface area contributed by atoms with Gasteiger partial charge in [0.25, 0.3) is 0 Å². The van der Waals surface area contributed by atoms with Crippen molar-refractivity contribution in [3.05, 3.63) is 40.2 Å². The predicted molar refractivity (Wildman–Crippen MR) is 91.5 cm³/mol. The monoisotopic (exact) mass is 361 g/mol. The maximum atomic E-state index is 5.30. The van der Waals surface area contributed by atoms with Gasteiger partial charge in [-0.25, -0.2) is 0 Å². The molecule has 4 rings (SSSR count). The number of nitrogens with zero attached hydrogens (tertiary/aromatic N) is 5. The van der Waals surface area contributed by atoms with E-state index in [4.69, 9.17) is 4.52 Å². The van der Waals surface area contributed by atoms with Gasteiger partial charge in [0.15, 0.2) is 11.0 Å². The SMILES string of the molecule is Cn1c(SCc2nc(-c3cccs3)no2)nnc1-c1ccsc1. The van der Waals surface area contributed by atoms with Crippen LogP contribution >= 0.6 is 34.4 Å². The molecule has 6 nitrogen and oxygen atoms in total. The van der Waals surface area contributed by atoms with Crippen LogP contribution in [0.2, 0.25) is 0 Å². The van der Waals surface area contributed by atoms with Crippen molar-refractivity contribution in [3.8, 4) is 22.1 Å². The van der Waals surface area contributed by atoms with Crippen LogP contribution in [0.25, 0.3) is 22.1 Å². The second kappa shape index (κ2) is 6.26. The van der Waals surface area contributed by atoms with Gasteiger partial charge in [0.05, 0.1) is 10.6 Å². The van der Waals surface area contributed by atoms with Crippen molar-refractivity contribution in [2.75, 3.05) is 0 Å². The zero-order valence-electron chi connectivity index (χ0n) is 12.0. The summed E-state index contributed by atoms with van der Waals surface area (Å²) in [4.78, 5) is 5.41. The van der Waals surface area contributed by atoms with Crippen LogP contribution in [0.1, 0.15) is 5.89 Å². The summed E-state index contributed by atoms with van der Waals surface area (Å²) in [6, 6.07) is 5.98. The Morgan fingerprint density at radius 2 is 2.22 bits per heavy atom. The molecule has 0 aliphatic rings. The molecule has 4 aromatic heterocycles. The number of aromatic nitrogens is 5. The molecule has 0 aliphatic carbocycles. The largest absolute Gasteiger partial charge is 0.338 e. The molecule has 0 amide bonds. The molecule has 0 saturated heterocycles. The van der Waals surface area contributed by atoms with E-state index in [-0.39, 0.29) is 0 Å². The van der Waals surface area contributed by atoms with Crippen LogP contribution in [0.5, 0.6) is 0 Å². The maximum absolute atomic E-state index is 5.30. The average Bonchev–Trinajstić information content (AvgIpc) is 3.33. The van der Waals surface area contributed by atoms with Crippen LogP contribution in [-0.4, -0.2) is 24.9 Å². The highest BCUT2D eigenvalue weighted by molar-refractivity contribution is 7.98. The Kier molecular flexibility index (Phi) is 3.98. The Morgan fingerprint density at radius 1 is 1.26 bits per heavy atom. The molecule has 0 radical (unpaired) electrons. The molecule has 0 fully saturated rings. The van der Waals surface area contributed by atoms with Crippen LogP contribution in [0.15, 0.2) is 44.0 Å². The zero-order valence-corrected chi connectivity index (χ0v) is 14.5. The first-order chi connectivity index (χ1) is 11.3. The van der Waals surface area contributed by atoms with Crippen molar-refractivity contribution in [2.45, 2.75) is 10.9 Å². The average molecular weight is 361 g/mol. The normalized spacial score (nSPS) is 11.2. The fourth-order valence-corrected chi connectivity index (χ4v) is 4.06. The fraction of sp³-hybridized carbons (Fsp3) is 0.143. The summed E-state index contributed by atoms with van der Waals surface area (Å²) in [7, 11) is 1.96. The minimum Gasteiger partial charge on any atom is -0.338 e. The smallest absolute Gasteiger partial charge is 0.237 e. The van der Waals surface area contributed by atoms with Crippen molar-refractivity contribution >= 4 is 34.4 Å². The molecular weight excluding hydrogens is 350 g/mol. The molecule has 0 spiro atoms. The lowest BCUT2D eigenvalue weighted by molar-refractivity contribution is 0.391. The first kappa shape index (κ1) is 14.6. The summed E-state index contributed by atoms with van der Waals surface area (Å²) in [6.07, 6.45) is 0. The molecule has 0 N–H and O–H groups in total. The third-order valence-corrected chi connectivity index (χ3v) is 5.70. The minimum atomic E-state index is 0.563. The van der Waals surface area contributed by atoms with E-state index in [2.05, 4.69) is 25.7 Å². The number of thiophene rings is 2. The lowest BCUT2D eigenvalue weighted by atomic mass is 10.3. The molecule has 0 aliphatic heterocycles. The van der Waals surface area contributed by atoms with E-state index >= 15 is 0 Å². The van der Waals surface area contributed by atoms with Crippen molar-refractivity contribution in [3.63, 3.8) is 0 Å². The third-order valence-electron chi connectivity index (χ3n) is 3.15. The van der Waals surface area contributed by atoms with Crippen molar-refractivity contribution in [1.82, 2.24) is 24.9 Å². The van der Waals surface area contributed by atoms with Gasteiger partial charge in [-0.15, -0.1) is 21.5 Å².